The van der Waals surface area contributed by atoms with Crippen LogP contribution < -0.4 is 5.32 Å². The van der Waals surface area contributed by atoms with Crippen molar-refractivity contribution in [2.75, 3.05) is 20.3 Å². The van der Waals surface area contributed by atoms with E-state index in [0.29, 0.717) is 26.1 Å². The number of esters is 1. The second-order valence-corrected chi connectivity index (χ2v) is 4.11. The first kappa shape index (κ1) is 15.9. The minimum Gasteiger partial charge on any atom is -0.467 e. The topological polar surface area (TPSA) is 64.6 Å². The van der Waals surface area contributed by atoms with Crippen LogP contribution in [0, 0.1) is 5.92 Å². The highest BCUT2D eigenvalue weighted by molar-refractivity contribution is 5.84. The fourth-order valence-corrected chi connectivity index (χ4v) is 1.35. The van der Waals surface area contributed by atoms with Crippen LogP contribution in [0.15, 0.2) is 0 Å². The third kappa shape index (κ3) is 6.94. The Bertz CT molecular complexity index is 241. The summed E-state index contributed by atoms with van der Waals surface area (Å²) in [5.74, 6) is -0.537. The molecule has 100 valence electrons. The van der Waals surface area contributed by atoms with Crippen molar-refractivity contribution < 1.29 is 19.1 Å². The summed E-state index contributed by atoms with van der Waals surface area (Å²) in [6, 6.07) is -0.570. The Kier molecular flexibility index (Phi) is 8.40. The Hall–Kier alpha value is -1.10. The third-order valence-corrected chi connectivity index (χ3v) is 2.33. The Morgan fingerprint density at radius 3 is 2.41 bits per heavy atom. The van der Waals surface area contributed by atoms with Gasteiger partial charge in [-0.1, -0.05) is 13.8 Å². The molecular formula is C12H23NO4. The highest BCUT2D eigenvalue weighted by Crippen LogP contribution is 2.04. The van der Waals surface area contributed by atoms with Gasteiger partial charge in [-0.2, -0.15) is 0 Å². The normalized spacial score (nSPS) is 12.3. The Morgan fingerprint density at radius 2 is 1.94 bits per heavy atom. The number of rotatable bonds is 8. The van der Waals surface area contributed by atoms with Crippen LogP contribution in [0.1, 0.15) is 33.6 Å². The molecule has 0 spiro atoms. The van der Waals surface area contributed by atoms with Crippen LogP contribution in [-0.2, 0) is 19.1 Å². The van der Waals surface area contributed by atoms with Crippen molar-refractivity contribution in [2.24, 2.45) is 5.92 Å². The summed E-state index contributed by atoms with van der Waals surface area (Å²) in [6.45, 7) is 6.85. The lowest BCUT2D eigenvalue weighted by molar-refractivity contribution is -0.146. The van der Waals surface area contributed by atoms with Crippen LogP contribution in [0.2, 0.25) is 0 Å². The molecule has 1 N–H and O–H groups in total. The predicted molar refractivity (Wildman–Crippen MR) is 64.5 cm³/mol. The SMILES string of the molecule is CCOCCCC(=O)NC(C(=O)OC)C(C)C. The van der Waals surface area contributed by atoms with Gasteiger partial charge in [0.25, 0.3) is 0 Å². The quantitative estimate of drug-likeness (QED) is 0.514. The van der Waals surface area contributed by atoms with Crippen molar-refractivity contribution in [3.63, 3.8) is 0 Å². The first-order valence-corrected chi connectivity index (χ1v) is 5.97. The summed E-state index contributed by atoms with van der Waals surface area (Å²) in [7, 11) is 1.32. The van der Waals surface area contributed by atoms with Crippen molar-refractivity contribution >= 4 is 11.9 Å². The average Bonchev–Trinajstić information content (AvgIpc) is 2.30. The second kappa shape index (κ2) is 8.98. The Morgan fingerprint density at radius 1 is 1.29 bits per heavy atom. The molecule has 0 radical (unpaired) electrons. The number of ether oxygens (including phenoxy) is 2. The lowest BCUT2D eigenvalue weighted by Crippen LogP contribution is -2.45. The zero-order valence-electron chi connectivity index (χ0n) is 11.1. The van der Waals surface area contributed by atoms with E-state index in [1.54, 1.807) is 0 Å². The minimum atomic E-state index is -0.570. The molecule has 0 saturated heterocycles. The van der Waals surface area contributed by atoms with Crippen LogP contribution in [0.4, 0.5) is 0 Å². The minimum absolute atomic E-state index is 0.0123. The molecule has 0 saturated carbocycles. The van der Waals surface area contributed by atoms with Crippen molar-refractivity contribution in [1.82, 2.24) is 5.32 Å². The van der Waals surface area contributed by atoms with Gasteiger partial charge in [0, 0.05) is 19.6 Å². The number of hydrogen-bond acceptors (Lipinski definition) is 4. The van der Waals surface area contributed by atoms with Crippen LogP contribution in [-0.4, -0.2) is 38.2 Å². The Labute approximate surface area is 103 Å². The summed E-state index contributed by atoms with van der Waals surface area (Å²) in [6.07, 6.45) is 1.02. The van der Waals surface area contributed by atoms with E-state index in [1.807, 2.05) is 20.8 Å². The molecule has 1 unspecified atom stereocenters. The first-order valence-electron chi connectivity index (χ1n) is 5.97. The molecule has 5 nitrogen and oxygen atoms in total. The predicted octanol–water partition coefficient (Wildman–Crippen LogP) is 1.12. The smallest absolute Gasteiger partial charge is 0.328 e. The third-order valence-electron chi connectivity index (χ3n) is 2.33. The molecule has 0 aliphatic heterocycles. The molecule has 0 aromatic rings. The van der Waals surface area contributed by atoms with Gasteiger partial charge in [0.05, 0.1) is 7.11 Å². The lowest BCUT2D eigenvalue weighted by atomic mass is 10.0. The molecule has 0 fully saturated rings. The van der Waals surface area contributed by atoms with Gasteiger partial charge in [-0.05, 0) is 19.3 Å². The standard InChI is InChI=1S/C12H23NO4/c1-5-17-8-6-7-10(14)13-11(9(2)3)12(15)16-4/h9,11H,5-8H2,1-4H3,(H,13,14). The van der Waals surface area contributed by atoms with Crippen molar-refractivity contribution in [2.45, 2.75) is 39.7 Å². The highest BCUT2D eigenvalue weighted by Gasteiger charge is 2.24. The molecule has 0 aromatic heterocycles. The molecule has 0 heterocycles. The molecular weight excluding hydrogens is 222 g/mol. The fraction of sp³-hybridized carbons (Fsp3) is 0.833. The number of hydrogen-bond donors (Lipinski definition) is 1. The van der Waals surface area contributed by atoms with Gasteiger partial charge in [0.15, 0.2) is 0 Å². The summed E-state index contributed by atoms with van der Waals surface area (Å²) in [4.78, 5) is 23.0. The monoisotopic (exact) mass is 245 g/mol. The van der Waals surface area contributed by atoms with E-state index in [-0.39, 0.29) is 11.8 Å². The van der Waals surface area contributed by atoms with Gasteiger partial charge < -0.3 is 14.8 Å². The van der Waals surface area contributed by atoms with Crippen molar-refractivity contribution in [3.8, 4) is 0 Å². The van der Waals surface area contributed by atoms with E-state index in [2.05, 4.69) is 10.1 Å². The lowest BCUT2D eigenvalue weighted by Gasteiger charge is -2.19. The number of methoxy groups -OCH3 is 1. The maximum absolute atomic E-state index is 11.6. The maximum atomic E-state index is 11.6. The first-order chi connectivity index (χ1) is 8.02. The molecule has 0 bridgehead atoms. The van der Waals surface area contributed by atoms with E-state index in [9.17, 15) is 9.59 Å². The van der Waals surface area contributed by atoms with Gasteiger partial charge in [-0.15, -0.1) is 0 Å². The van der Waals surface area contributed by atoms with E-state index >= 15 is 0 Å². The zero-order valence-corrected chi connectivity index (χ0v) is 11.1. The fourth-order valence-electron chi connectivity index (χ4n) is 1.35. The average molecular weight is 245 g/mol. The van der Waals surface area contributed by atoms with E-state index < -0.39 is 12.0 Å². The van der Waals surface area contributed by atoms with Crippen molar-refractivity contribution in [3.05, 3.63) is 0 Å². The molecule has 0 aliphatic rings. The van der Waals surface area contributed by atoms with Gasteiger partial charge in [0.1, 0.15) is 6.04 Å². The molecule has 0 rings (SSSR count). The van der Waals surface area contributed by atoms with Crippen LogP contribution in [0.3, 0.4) is 0 Å². The number of nitrogens with one attached hydrogen (secondary N) is 1. The molecule has 0 aliphatic carbocycles. The van der Waals surface area contributed by atoms with Gasteiger partial charge in [-0.25, -0.2) is 4.79 Å². The summed E-state index contributed by atoms with van der Waals surface area (Å²) in [5, 5.41) is 2.68. The number of carbonyl (C=O) groups excluding carboxylic acids is 2. The Balaban J connectivity index is 4.00. The zero-order chi connectivity index (χ0) is 13.3. The highest BCUT2D eigenvalue weighted by atomic mass is 16.5. The summed E-state index contributed by atoms with van der Waals surface area (Å²) < 4.78 is 9.77. The van der Waals surface area contributed by atoms with E-state index in [0.717, 1.165) is 0 Å². The maximum Gasteiger partial charge on any atom is 0.328 e. The van der Waals surface area contributed by atoms with Crippen LogP contribution >= 0.6 is 0 Å². The van der Waals surface area contributed by atoms with Gasteiger partial charge >= 0.3 is 5.97 Å². The number of amides is 1. The molecule has 0 aromatic carbocycles. The summed E-state index contributed by atoms with van der Waals surface area (Å²) in [5.41, 5.74) is 0. The van der Waals surface area contributed by atoms with Crippen molar-refractivity contribution in [1.29, 1.82) is 0 Å². The summed E-state index contributed by atoms with van der Waals surface area (Å²) >= 11 is 0. The molecule has 5 heteroatoms. The molecule has 1 amide bonds. The van der Waals surface area contributed by atoms with E-state index in [4.69, 9.17) is 4.74 Å². The number of carbonyl (C=O) groups is 2. The van der Waals surface area contributed by atoms with Gasteiger partial charge in [-0.3, -0.25) is 4.79 Å². The second-order valence-electron chi connectivity index (χ2n) is 4.11. The van der Waals surface area contributed by atoms with Gasteiger partial charge in [0.2, 0.25) is 5.91 Å². The van der Waals surface area contributed by atoms with E-state index in [1.165, 1.54) is 7.11 Å². The molecule has 17 heavy (non-hydrogen) atoms. The largest absolute Gasteiger partial charge is 0.467 e. The van der Waals surface area contributed by atoms with Crippen LogP contribution in [0.5, 0.6) is 0 Å². The van der Waals surface area contributed by atoms with Crippen LogP contribution in [0.25, 0.3) is 0 Å². The molecule has 1 atom stereocenters.